The third-order valence-electron chi connectivity index (χ3n) is 5.37. The lowest BCUT2D eigenvalue weighted by Gasteiger charge is -2.26. The number of fused-ring (bicyclic) bond motifs is 1. The van der Waals surface area contributed by atoms with E-state index in [-0.39, 0.29) is 29.4 Å². The maximum Gasteiger partial charge on any atom is 0.405 e. The number of nitrogens with one attached hydrogen (secondary N) is 2. The van der Waals surface area contributed by atoms with E-state index in [0.717, 1.165) is 16.5 Å². The van der Waals surface area contributed by atoms with E-state index in [2.05, 4.69) is 4.98 Å². The smallest absolute Gasteiger partial charge is 0.360 e. The summed E-state index contributed by atoms with van der Waals surface area (Å²) < 4.78 is 77.4. The Bertz CT molecular complexity index is 1330. The Labute approximate surface area is 186 Å². The van der Waals surface area contributed by atoms with E-state index in [1.54, 1.807) is 23.7 Å². The van der Waals surface area contributed by atoms with Gasteiger partial charge in [-0.2, -0.15) is 17.5 Å². The van der Waals surface area contributed by atoms with Gasteiger partial charge in [-0.3, -0.25) is 4.79 Å². The molecule has 2 heterocycles. The predicted octanol–water partition coefficient (Wildman–Crippen LogP) is 4.08. The molecule has 0 fully saturated rings. The first-order chi connectivity index (χ1) is 15.5. The molecule has 1 aromatic heterocycles. The van der Waals surface area contributed by atoms with Crippen molar-refractivity contribution in [2.24, 2.45) is 0 Å². The number of hydrogen-bond acceptors (Lipinski definition) is 3. The lowest BCUT2D eigenvalue weighted by Crippen LogP contribution is -2.35. The molecule has 0 saturated carbocycles. The summed E-state index contributed by atoms with van der Waals surface area (Å²) in [6.45, 7) is -1.13. The SMILES string of the molecule is O=C(NCC(F)(F)F)c1ccc(S(=O)(=O)N2CC=C(c3c[nH]c4cc(F)ccc34)CC2)cc1. The van der Waals surface area contributed by atoms with Gasteiger partial charge in [-0.05, 0) is 54.5 Å². The van der Waals surface area contributed by atoms with Crippen LogP contribution in [0.1, 0.15) is 22.3 Å². The molecule has 1 aliphatic rings. The number of carbonyl (C=O) groups excluding carboxylic acids is 1. The van der Waals surface area contributed by atoms with Crippen LogP contribution in [-0.2, 0) is 10.0 Å². The third-order valence-corrected chi connectivity index (χ3v) is 7.24. The minimum atomic E-state index is -4.54. The second-order valence-corrected chi connectivity index (χ2v) is 9.49. The Morgan fingerprint density at radius 3 is 2.48 bits per heavy atom. The summed E-state index contributed by atoms with van der Waals surface area (Å²) in [7, 11) is -3.86. The Balaban J connectivity index is 1.47. The van der Waals surface area contributed by atoms with Crippen molar-refractivity contribution in [1.29, 1.82) is 0 Å². The van der Waals surface area contributed by atoms with Crippen LogP contribution in [0.4, 0.5) is 17.6 Å². The summed E-state index contributed by atoms with van der Waals surface area (Å²) in [6, 6.07) is 9.19. The highest BCUT2D eigenvalue weighted by molar-refractivity contribution is 7.89. The number of carbonyl (C=O) groups is 1. The van der Waals surface area contributed by atoms with Gasteiger partial charge in [0.05, 0.1) is 4.90 Å². The normalized spacial score (nSPS) is 15.5. The first-order valence-electron chi connectivity index (χ1n) is 9.96. The molecule has 11 heteroatoms. The fraction of sp³-hybridized carbons (Fsp3) is 0.227. The first kappa shape index (κ1) is 23.0. The molecule has 0 spiro atoms. The molecular formula is C22H19F4N3O3S. The molecule has 0 aliphatic carbocycles. The van der Waals surface area contributed by atoms with Crippen LogP contribution in [0.15, 0.2) is 59.6 Å². The Morgan fingerprint density at radius 2 is 1.85 bits per heavy atom. The molecule has 1 aliphatic heterocycles. The van der Waals surface area contributed by atoms with Crippen molar-refractivity contribution in [3.8, 4) is 0 Å². The summed E-state index contributed by atoms with van der Waals surface area (Å²) in [5.41, 5.74) is 2.40. The van der Waals surface area contributed by atoms with E-state index < -0.39 is 28.7 Å². The minimum absolute atomic E-state index is 0.0608. The second-order valence-electron chi connectivity index (χ2n) is 7.56. The standard InChI is InChI=1S/C22H19F4N3O3S/c23-16-3-6-18-19(12-27-20(18)11-16)14-7-9-29(10-8-14)33(31,32)17-4-1-15(2-5-17)21(30)28-13-22(24,25)26/h1-7,11-12,27H,8-10,13H2,(H,28,30). The molecule has 0 unspecified atom stereocenters. The van der Waals surface area contributed by atoms with Gasteiger partial charge in [0.25, 0.3) is 5.91 Å². The number of benzene rings is 2. The molecular weight excluding hydrogens is 462 g/mol. The molecule has 6 nitrogen and oxygen atoms in total. The highest BCUT2D eigenvalue weighted by Gasteiger charge is 2.29. The van der Waals surface area contributed by atoms with Gasteiger partial charge in [-0.15, -0.1) is 0 Å². The number of sulfonamides is 1. The maximum absolute atomic E-state index is 13.4. The van der Waals surface area contributed by atoms with Crippen molar-refractivity contribution < 1.29 is 30.8 Å². The van der Waals surface area contributed by atoms with Gasteiger partial charge in [-0.25, -0.2) is 12.8 Å². The topological polar surface area (TPSA) is 82.3 Å². The number of halogens is 4. The lowest BCUT2D eigenvalue weighted by atomic mass is 10.00. The van der Waals surface area contributed by atoms with E-state index in [9.17, 15) is 30.8 Å². The number of alkyl halides is 3. The predicted molar refractivity (Wildman–Crippen MR) is 114 cm³/mol. The largest absolute Gasteiger partial charge is 0.405 e. The van der Waals surface area contributed by atoms with Crippen molar-refractivity contribution in [3.05, 3.63) is 71.7 Å². The fourth-order valence-corrected chi connectivity index (χ4v) is 5.07. The monoisotopic (exact) mass is 481 g/mol. The van der Waals surface area contributed by atoms with Gasteiger partial charge >= 0.3 is 6.18 Å². The number of aromatic amines is 1. The Morgan fingerprint density at radius 1 is 1.12 bits per heavy atom. The zero-order valence-electron chi connectivity index (χ0n) is 17.1. The zero-order chi connectivity index (χ0) is 23.8. The van der Waals surface area contributed by atoms with Crippen LogP contribution in [0.2, 0.25) is 0 Å². The summed E-state index contributed by atoms with van der Waals surface area (Å²) in [5, 5.41) is 2.59. The summed E-state index contributed by atoms with van der Waals surface area (Å²) in [6.07, 6.45) is -0.529. The lowest BCUT2D eigenvalue weighted by molar-refractivity contribution is -0.123. The van der Waals surface area contributed by atoms with Crippen LogP contribution >= 0.6 is 0 Å². The highest BCUT2D eigenvalue weighted by Crippen LogP contribution is 2.31. The summed E-state index contributed by atoms with van der Waals surface area (Å²) >= 11 is 0. The van der Waals surface area contributed by atoms with Gasteiger partial charge in [0.15, 0.2) is 0 Å². The molecule has 174 valence electrons. The van der Waals surface area contributed by atoms with E-state index in [1.807, 2.05) is 0 Å². The fourth-order valence-electron chi connectivity index (χ4n) is 3.69. The number of amides is 1. The van der Waals surface area contributed by atoms with Gasteiger partial charge in [-0.1, -0.05) is 6.08 Å². The number of H-pyrrole nitrogens is 1. The van der Waals surface area contributed by atoms with Crippen molar-refractivity contribution >= 4 is 32.4 Å². The van der Waals surface area contributed by atoms with Crippen LogP contribution in [0, 0.1) is 5.82 Å². The van der Waals surface area contributed by atoms with E-state index in [1.165, 1.54) is 40.7 Å². The van der Waals surface area contributed by atoms with Crippen LogP contribution < -0.4 is 5.32 Å². The molecule has 0 atom stereocenters. The van der Waals surface area contributed by atoms with Crippen molar-refractivity contribution in [2.45, 2.75) is 17.5 Å². The number of aromatic nitrogens is 1. The third kappa shape index (κ3) is 4.93. The van der Waals surface area contributed by atoms with Crippen LogP contribution in [0.3, 0.4) is 0 Å². The molecule has 1 amide bonds. The molecule has 0 bridgehead atoms. The van der Waals surface area contributed by atoms with Crippen LogP contribution in [0.25, 0.3) is 16.5 Å². The average Bonchev–Trinajstić information content (AvgIpc) is 3.20. The minimum Gasteiger partial charge on any atom is -0.360 e. The van der Waals surface area contributed by atoms with Crippen LogP contribution in [-0.4, -0.2) is 49.4 Å². The first-order valence-corrected chi connectivity index (χ1v) is 11.4. The zero-order valence-corrected chi connectivity index (χ0v) is 17.9. The Kier molecular flexibility index (Phi) is 6.02. The molecule has 2 aromatic carbocycles. The molecule has 0 saturated heterocycles. The van der Waals surface area contributed by atoms with Gasteiger partial charge in [0, 0.05) is 41.3 Å². The molecule has 33 heavy (non-hydrogen) atoms. The van der Waals surface area contributed by atoms with E-state index in [0.29, 0.717) is 11.9 Å². The molecule has 4 rings (SSSR count). The second kappa shape index (κ2) is 8.64. The van der Waals surface area contributed by atoms with E-state index in [4.69, 9.17) is 0 Å². The van der Waals surface area contributed by atoms with Gasteiger partial charge in [0.1, 0.15) is 12.4 Å². The quantitative estimate of drug-likeness (QED) is 0.539. The number of hydrogen-bond donors (Lipinski definition) is 2. The summed E-state index contributed by atoms with van der Waals surface area (Å²) in [5.74, 6) is -1.30. The maximum atomic E-state index is 13.4. The van der Waals surface area contributed by atoms with Crippen molar-refractivity contribution in [2.75, 3.05) is 19.6 Å². The molecule has 3 aromatic rings. The van der Waals surface area contributed by atoms with Crippen molar-refractivity contribution in [3.63, 3.8) is 0 Å². The molecule has 0 radical (unpaired) electrons. The van der Waals surface area contributed by atoms with Gasteiger partial charge < -0.3 is 10.3 Å². The Hall–Kier alpha value is -3.18. The van der Waals surface area contributed by atoms with Gasteiger partial charge in [0.2, 0.25) is 10.0 Å². The number of rotatable bonds is 5. The average molecular weight is 481 g/mol. The van der Waals surface area contributed by atoms with Crippen LogP contribution in [0.5, 0.6) is 0 Å². The highest BCUT2D eigenvalue weighted by atomic mass is 32.2. The summed E-state index contributed by atoms with van der Waals surface area (Å²) in [4.78, 5) is 14.8. The molecule has 2 N–H and O–H groups in total. The van der Waals surface area contributed by atoms with Crippen molar-refractivity contribution in [1.82, 2.24) is 14.6 Å². The number of nitrogens with zero attached hydrogens (tertiary/aromatic N) is 1. The van der Waals surface area contributed by atoms with E-state index >= 15 is 0 Å².